The van der Waals surface area contributed by atoms with Gasteiger partial charge in [-0.3, -0.25) is 0 Å². The van der Waals surface area contributed by atoms with E-state index in [0.29, 0.717) is 6.04 Å². The predicted octanol–water partition coefficient (Wildman–Crippen LogP) is 1.76. The van der Waals surface area contributed by atoms with Gasteiger partial charge in [0.2, 0.25) is 0 Å². The Morgan fingerprint density at radius 3 is 2.69 bits per heavy atom. The van der Waals surface area contributed by atoms with Crippen molar-refractivity contribution < 1.29 is 0 Å². The maximum Gasteiger partial charge on any atom is 0.125 e. The summed E-state index contributed by atoms with van der Waals surface area (Å²) in [5.41, 5.74) is 2.26. The Labute approximate surface area is 79.6 Å². The molecule has 1 N–H and O–H groups in total. The van der Waals surface area contributed by atoms with Gasteiger partial charge in [0.25, 0.3) is 0 Å². The lowest BCUT2D eigenvalue weighted by Gasteiger charge is -2.14. The topological polar surface area (TPSA) is 37.8 Å². The van der Waals surface area contributed by atoms with Crippen LogP contribution in [-0.4, -0.2) is 16.5 Å². The summed E-state index contributed by atoms with van der Waals surface area (Å²) in [6, 6.07) is 0.339. The standard InChI is InChI=1S/C10H17N3/c1-5-11-7(2)10-6-12-9(4)13-8(10)3/h6-7,11H,5H2,1-4H3. The molecule has 0 radical (unpaired) electrons. The Morgan fingerprint density at radius 1 is 1.46 bits per heavy atom. The fourth-order valence-corrected chi connectivity index (χ4v) is 1.43. The predicted molar refractivity (Wildman–Crippen MR) is 53.6 cm³/mol. The molecule has 1 unspecified atom stereocenters. The van der Waals surface area contributed by atoms with Gasteiger partial charge in [-0.25, -0.2) is 9.97 Å². The number of aryl methyl sites for hydroxylation is 2. The Kier molecular flexibility index (Phi) is 3.37. The molecule has 0 aliphatic rings. The van der Waals surface area contributed by atoms with Gasteiger partial charge in [0.1, 0.15) is 5.82 Å². The zero-order valence-corrected chi connectivity index (χ0v) is 8.76. The number of nitrogens with one attached hydrogen (secondary N) is 1. The quantitative estimate of drug-likeness (QED) is 0.768. The second-order valence-electron chi connectivity index (χ2n) is 3.24. The van der Waals surface area contributed by atoms with Crippen LogP contribution in [0.15, 0.2) is 6.20 Å². The van der Waals surface area contributed by atoms with Crippen molar-refractivity contribution in [3.8, 4) is 0 Å². The van der Waals surface area contributed by atoms with E-state index in [4.69, 9.17) is 0 Å². The molecule has 13 heavy (non-hydrogen) atoms. The average molecular weight is 179 g/mol. The molecule has 0 aliphatic heterocycles. The van der Waals surface area contributed by atoms with Gasteiger partial charge in [0.05, 0.1) is 0 Å². The summed E-state index contributed by atoms with van der Waals surface area (Å²) in [7, 11) is 0. The van der Waals surface area contributed by atoms with E-state index >= 15 is 0 Å². The smallest absolute Gasteiger partial charge is 0.125 e. The largest absolute Gasteiger partial charge is 0.310 e. The number of hydrogen-bond donors (Lipinski definition) is 1. The second-order valence-corrected chi connectivity index (χ2v) is 3.24. The first-order chi connectivity index (χ1) is 6.15. The fourth-order valence-electron chi connectivity index (χ4n) is 1.43. The van der Waals surface area contributed by atoms with Crippen LogP contribution in [0.2, 0.25) is 0 Å². The first-order valence-electron chi connectivity index (χ1n) is 4.68. The van der Waals surface area contributed by atoms with Crippen LogP contribution < -0.4 is 5.32 Å². The second kappa shape index (κ2) is 4.33. The van der Waals surface area contributed by atoms with E-state index in [1.807, 2.05) is 20.0 Å². The molecule has 0 spiro atoms. The van der Waals surface area contributed by atoms with Crippen molar-refractivity contribution in [1.82, 2.24) is 15.3 Å². The molecule has 1 rings (SSSR count). The molecule has 1 aromatic rings. The van der Waals surface area contributed by atoms with Gasteiger partial charge >= 0.3 is 0 Å². The van der Waals surface area contributed by atoms with Crippen LogP contribution in [0.1, 0.15) is 37.0 Å². The Balaban J connectivity index is 2.88. The summed E-state index contributed by atoms with van der Waals surface area (Å²) in [5.74, 6) is 0.838. The van der Waals surface area contributed by atoms with Gasteiger partial charge in [-0.2, -0.15) is 0 Å². The molecule has 1 atom stereocenters. The maximum absolute atomic E-state index is 4.33. The minimum atomic E-state index is 0.339. The zero-order chi connectivity index (χ0) is 9.84. The van der Waals surface area contributed by atoms with E-state index in [9.17, 15) is 0 Å². The van der Waals surface area contributed by atoms with Crippen LogP contribution in [0, 0.1) is 13.8 Å². The number of aromatic nitrogens is 2. The van der Waals surface area contributed by atoms with Crippen molar-refractivity contribution in [3.63, 3.8) is 0 Å². The molecule has 0 saturated heterocycles. The van der Waals surface area contributed by atoms with Crippen LogP contribution in [0.25, 0.3) is 0 Å². The van der Waals surface area contributed by atoms with Gasteiger partial charge < -0.3 is 5.32 Å². The van der Waals surface area contributed by atoms with Gasteiger partial charge in [0, 0.05) is 23.5 Å². The van der Waals surface area contributed by atoms with E-state index < -0.39 is 0 Å². The molecule has 1 aromatic heterocycles. The summed E-state index contributed by atoms with van der Waals surface area (Å²) < 4.78 is 0. The average Bonchev–Trinajstić information content (AvgIpc) is 2.04. The van der Waals surface area contributed by atoms with Crippen molar-refractivity contribution in [1.29, 1.82) is 0 Å². The Hall–Kier alpha value is -0.960. The maximum atomic E-state index is 4.33. The molecule has 0 aromatic carbocycles. The SMILES string of the molecule is CCNC(C)c1cnc(C)nc1C. The van der Waals surface area contributed by atoms with Gasteiger partial charge in [0.15, 0.2) is 0 Å². The summed E-state index contributed by atoms with van der Waals surface area (Å²) in [6.07, 6.45) is 1.91. The van der Waals surface area contributed by atoms with Crippen LogP contribution >= 0.6 is 0 Å². The third-order valence-electron chi connectivity index (χ3n) is 2.11. The highest BCUT2D eigenvalue weighted by atomic mass is 14.9. The van der Waals surface area contributed by atoms with Crippen molar-refractivity contribution in [2.24, 2.45) is 0 Å². The molecule has 0 fully saturated rings. The molecule has 0 bridgehead atoms. The zero-order valence-electron chi connectivity index (χ0n) is 8.76. The third kappa shape index (κ3) is 2.49. The summed E-state index contributed by atoms with van der Waals surface area (Å²) in [5, 5.41) is 3.34. The Morgan fingerprint density at radius 2 is 2.15 bits per heavy atom. The van der Waals surface area contributed by atoms with Gasteiger partial charge in [-0.15, -0.1) is 0 Å². The molecule has 72 valence electrons. The van der Waals surface area contributed by atoms with Crippen molar-refractivity contribution in [2.75, 3.05) is 6.54 Å². The lowest BCUT2D eigenvalue weighted by Crippen LogP contribution is -2.19. The highest BCUT2D eigenvalue weighted by Crippen LogP contribution is 2.13. The van der Waals surface area contributed by atoms with Crippen LogP contribution in [-0.2, 0) is 0 Å². The molecule has 0 aliphatic carbocycles. The molecular weight excluding hydrogens is 162 g/mol. The van der Waals surface area contributed by atoms with Crippen LogP contribution in [0.3, 0.4) is 0 Å². The number of nitrogens with zero attached hydrogens (tertiary/aromatic N) is 2. The monoisotopic (exact) mass is 179 g/mol. The third-order valence-corrected chi connectivity index (χ3v) is 2.11. The van der Waals surface area contributed by atoms with Crippen molar-refractivity contribution in [2.45, 2.75) is 33.7 Å². The molecule has 3 nitrogen and oxygen atoms in total. The molecular formula is C10H17N3. The molecule has 0 saturated carbocycles. The van der Waals surface area contributed by atoms with Crippen molar-refractivity contribution >= 4 is 0 Å². The minimum absolute atomic E-state index is 0.339. The lowest BCUT2D eigenvalue weighted by molar-refractivity contribution is 0.589. The molecule has 1 heterocycles. The van der Waals surface area contributed by atoms with E-state index in [0.717, 1.165) is 18.1 Å². The summed E-state index contributed by atoms with van der Waals surface area (Å²) >= 11 is 0. The minimum Gasteiger partial charge on any atom is -0.310 e. The van der Waals surface area contributed by atoms with Crippen LogP contribution in [0.4, 0.5) is 0 Å². The van der Waals surface area contributed by atoms with Gasteiger partial charge in [-0.1, -0.05) is 6.92 Å². The van der Waals surface area contributed by atoms with Crippen LogP contribution in [0.5, 0.6) is 0 Å². The van der Waals surface area contributed by atoms with E-state index in [1.54, 1.807) is 0 Å². The first kappa shape index (κ1) is 10.1. The van der Waals surface area contributed by atoms with E-state index in [1.165, 1.54) is 5.56 Å². The number of rotatable bonds is 3. The lowest BCUT2D eigenvalue weighted by atomic mass is 10.1. The Bertz CT molecular complexity index is 283. The number of hydrogen-bond acceptors (Lipinski definition) is 3. The van der Waals surface area contributed by atoms with E-state index in [-0.39, 0.29) is 0 Å². The van der Waals surface area contributed by atoms with Gasteiger partial charge in [-0.05, 0) is 27.3 Å². The first-order valence-corrected chi connectivity index (χ1v) is 4.68. The molecule has 0 amide bonds. The molecule has 3 heteroatoms. The fraction of sp³-hybridized carbons (Fsp3) is 0.600. The normalized spacial score (nSPS) is 12.9. The van der Waals surface area contributed by atoms with E-state index in [2.05, 4.69) is 29.1 Å². The summed E-state index contributed by atoms with van der Waals surface area (Å²) in [4.78, 5) is 8.52. The highest BCUT2D eigenvalue weighted by Gasteiger charge is 2.07. The summed E-state index contributed by atoms with van der Waals surface area (Å²) in [6.45, 7) is 9.13. The highest BCUT2D eigenvalue weighted by molar-refractivity contribution is 5.19. The van der Waals surface area contributed by atoms with Crippen molar-refractivity contribution in [3.05, 3.63) is 23.3 Å².